The Labute approximate surface area is 196 Å². The number of anilines is 4. The topological polar surface area (TPSA) is 91.0 Å². The number of amides is 1. The number of para-hydroxylation sites is 1. The lowest BCUT2D eigenvalue weighted by Crippen LogP contribution is -2.38. The Balaban J connectivity index is 0.00000272. The molecule has 0 saturated carbocycles. The predicted molar refractivity (Wildman–Crippen MR) is 131 cm³/mol. The first-order chi connectivity index (χ1) is 14.6. The number of nitrogens with zero attached hydrogens (tertiary/aromatic N) is 2. The molecular formula is C21H24Cl2N6OS. The van der Waals surface area contributed by atoms with Crippen molar-refractivity contribution in [1.82, 2.24) is 15.3 Å². The summed E-state index contributed by atoms with van der Waals surface area (Å²) in [5.41, 5.74) is 1.52. The highest BCUT2D eigenvalue weighted by Crippen LogP contribution is 2.28. The van der Waals surface area contributed by atoms with Gasteiger partial charge in [0.1, 0.15) is 16.5 Å². The van der Waals surface area contributed by atoms with Crippen LogP contribution in [0.3, 0.4) is 0 Å². The fourth-order valence-corrected chi connectivity index (χ4v) is 4.27. The van der Waals surface area contributed by atoms with E-state index in [1.165, 1.54) is 11.3 Å². The number of piperidine rings is 1. The van der Waals surface area contributed by atoms with Crippen molar-refractivity contribution in [3.05, 3.63) is 58.1 Å². The zero-order chi connectivity index (χ0) is 20.9. The van der Waals surface area contributed by atoms with Gasteiger partial charge in [0.15, 0.2) is 5.13 Å². The molecule has 10 heteroatoms. The van der Waals surface area contributed by atoms with Crippen molar-refractivity contribution in [2.45, 2.75) is 25.8 Å². The van der Waals surface area contributed by atoms with Crippen molar-refractivity contribution in [1.29, 1.82) is 0 Å². The Hall–Kier alpha value is -2.39. The Kier molecular flexibility index (Phi) is 8.09. The van der Waals surface area contributed by atoms with Gasteiger partial charge in [-0.05, 0) is 50.1 Å². The van der Waals surface area contributed by atoms with E-state index in [1.807, 2.05) is 37.3 Å². The second-order valence-corrected chi connectivity index (χ2v) is 8.57. The molecule has 0 unspecified atom stereocenters. The summed E-state index contributed by atoms with van der Waals surface area (Å²) < 4.78 is 0. The maximum absolute atomic E-state index is 12.6. The molecule has 1 saturated heterocycles. The first-order valence-corrected chi connectivity index (χ1v) is 11.0. The molecule has 0 radical (unpaired) electrons. The molecule has 1 fully saturated rings. The Morgan fingerprint density at radius 3 is 2.81 bits per heavy atom. The van der Waals surface area contributed by atoms with E-state index >= 15 is 0 Å². The number of rotatable bonds is 6. The summed E-state index contributed by atoms with van der Waals surface area (Å²) in [6, 6.07) is 11.6. The molecule has 3 aromatic rings. The number of thiazole rings is 1. The van der Waals surface area contributed by atoms with E-state index in [0.29, 0.717) is 32.6 Å². The van der Waals surface area contributed by atoms with Crippen molar-refractivity contribution in [2.24, 2.45) is 0 Å². The summed E-state index contributed by atoms with van der Waals surface area (Å²) in [6.45, 7) is 3.91. The highest BCUT2D eigenvalue weighted by molar-refractivity contribution is 7.17. The molecule has 0 aliphatic carbocycles. The van der Waals surface area contributed by atoms with Crippen LogP contribution in [0, 0.1) is 6.92 Å². The van der Waals surface area contributed by atoms with Crippen LogP contribution in [0.5, 0.6) is 0 Å². The van der Waals surface area contributed by atoms with Crippen molar-refractivity contribution >= 4 is 63.7 Å². The number of pyridine rings is 1. The van der Waals surface area contributed by atoms with Crippen LogP contribution < -0.4 is 21.3 Å². The van der Waals surface area contributed by atoms with Crippen LogP contribution in [0.4, 0.5) is 22.5 Å². The molecule has 2 aromatic heterocycles. The third-order valence-corrected chi connectivity index (χ3v) is 6.05. The fraction of sp³-hybridized carbons (Fsp3) is 0.286. The summed E-state index contributed by atoms with van der Waals surface area (Å²) in [5, 5.41) is 14.0. The van der Waals surface area contributed by atoms with E-state index < -0.39 is 0 Å². The van der Waals surface area contributed by atoms with Crippen molar-refractivity contribution in [2.75, 3.05) is 29.0 Å². The number of halogens is 2. The summed E-state index contributed by atoms with van der Waals surface area (Å²) >= 11 is 7.46. The van der Waals surface area contributed by atoms with E-state index in [0.717, 1.165) is 37.3 Å². The molecule has 1 aliphatic heterocycles. The highest BCUT2D eigenvalue weighted by atomic mass is 35.5. The van der Waals surface area contributed by atoms with Gasteiger partial charge in [-0.15, -0.1) is 12.4 Å². The predicted octanol–water partition coefficient (Wildman–Crippen LogP) is 5.08. The zero-order valence-electron chi connectivity index (χ0n) is 16.9. The highest BCUT2D eigenvalue weighted by Gasteiger charge is 2.15. The van der Waals surface area contributed by atoms with Gasteiger partial charge in [-0.1, -0.05) is 41.1 Å². The minimum Gasteiger partial charge on any atom is -0.366 e. The molecule has 0 bridgehead atoms. The Morgan fingerprint density at radius 1 is 1.23 bits per heavy atom. The monoisotopic (exact) mass is 478 g/mol. The maximum atomic E-state index is 12.6. The van der Waals surface area contributed by atoms with E-state index in [2.05, 4.69) is 31.2 Å². The Morgan fingerprint density at radius 2 is 2.03 bits per heavy atom. The largest absolute Gasteiger partial charge is 0.366 e. The van der Waals surface area contributed by atoms with Crippen LogP contribution in [0.15, 0.2) is 42.6 Å². The zero-order valence-corrected chi connectivity index (χ0v) is 19.3. The van der Waals surface area contributed by atoms with Crippen molar-refractivity contribution in [3.8, 4) is 0 Å². The minimum atomic E-state index is -0.245. The van der Waals surface area contributed by atoms with Crippen LogP contribution in [0.25, 0.3) is 0 Å². The fourth-order valence-electron chi connectivity index (χ4n) is 3.28. The molecule has 31 heavy (non-hydrogen) atoms. The van der Waals surface area contributed by atoms with Crippen LogP contribution in [-0.2, 0) is 0 Å². The van der Waals surface area contributed by atoms with E-state index in [-0.39, 0.29) is 18.3 Å². The number of hydrogen-bond donors (Lipinski definition) is 4. The normalized spacial score (nSPS) is 15.6. The van der Waals surface area contributed by atoms with Crippen molar-refractivity contribution in [3.63, 3.8) is 0 Å². The number of benzene rings is 1. The summed E-state index contributed by atoms with van der Waals surface area (Å²) in [7, 11) is 0. The first-order valence-electron chi connectivity index (χ1n) is 9.82. The molecule has 4 rings (SSSR count). The molecule has 7 nitrogen and oxygen atoms in total. The molecule has 4 N–H and O–H groups in total. The maximum Gasteiger partial charge on any atom is 0.267 e. The molecule has 0 spiro atoms. The standard InChI is InChI=1S/C21H23ClN6OS.ClH/c1-13-5-2-7-15(22)19(13)28-20(29)16-12-24-21(30-16)27-18-9-3-8-17(26-18)25-14-6-4-10-23-11-14;/h2-3,5,7-9,12,14,23H,4,6,10-11H2,1H3,(H,28,29)(H2,24,25,26,27);1H/t14-;/m0./s1. The van der Waals surface area contributed by atoms with Crippen LogP contribution >= 0.6 is 35.3 Å². The summed E-state index contributed by atoms with van der Waals surface area (Å²) in [4.78, 5) is 22.0. The van der Waals surface area contributed by atoms with Gasteiger partial charge in [0, 0.05) is 12.6 Å². The summed E-state index contributed by atoms with van der Waals surface area (Å²) in [5.74, 6) is 1.24. The van der Waals surface area contributed by atoms with E-state index in [4.69, 9.17) is 11.6 Å². The van der Waals surface area contributed by atoms with E-state index in [1.54, 1.807) is 12.3 Å². The molecule has 1 atom stereocenters. The lowest BCUT2D eigenvalue weighted by atomic mass is 10.1. The van der Waals surface area contributed by atoms with Gasteiger partial charge in [0.05, 0.1) is 16.9 Å². The second-order valence-electron chi connectivity index (χ2n) is 7.14. The summed E-state index contributed by atoms with van der Waals surface area (Å²) in [6.07, 6.45) is 3.83. The number of aromatic nitrogens is 2. The molecule has 164 valence electrons. The lowest BCUT2D eigenvalue weighted by Gasteiger charge is -2.24. The smallest absolute Gasteiger partial charge is 0.267 e. The number of hydrogen-bond acceptors (Lipinski definition) is 7. The number of carbonyl (C=O) groups is 1. The quantitative estimate of drug-likeness (QED) is 0.394. The SMILES string of the molecule is Cc1cccc(Cl)c1NC(=O)c1cnc(Nc2cccc(N[C@H]3CCCNC3)n2)s1.Cl. The van der Waals surface area contributed by atoms with Gasteiger partial charge < -0.3 is 21.3 Å². The third-order valence-electron chi connectivity index (χ3n) is 4.82. The lowest BCUT2D eigenvalue weighted by molar-refractivity contribution is 0.103. The van der Waals surface area contributed by atoms with Gasteiger partial charge in [-0.25, -0.2) is 9.97 Å². The molecule has 1 aliphatic rings. The minimum absolute atomic E-state index is 0. The van der Waals surface area contributed by atoms with Gasteiger partial charge in [-0.2, -0.15) is 0 Å². The van der Waals surface area contributed by atoms with Gasteiger partial charge in [0.25, 0.3) is 5.91 Å². The van der Waals surface area contributed by atoms with Crippen LogP contribution in [0.1, 0.15) is 28.1 Å². The number of aryl methyl sites for hydroxylation is 1. The van der Waals surface area contributed by atoms with Crippen LogP contribution in [-0.4, -0.2) is 35.0 Å². The van der Waals surface area contributed by atoms with Crippen molar-refractivity contribution < 1.29 is 4.79 Å². The Bertz CT molecular complexity index is 1020. The van der Waals surface area contributed by atoms with Crippen LogP contribution in [0.2, 0.25) is 5.02 Å². The molecular weight excluding hydrogens is 455 g/mol. The van der Waals surface area contributed by atoms with E-state index in [9.17, 15) is 4.79 Å². The molecule has 1 amide bonds. The van der Waals surface area contributed by atoms with Gasteiger partial charge >= 0.3 is 0 Å². The average Bonchev–Trinajstić information content (AvgIpc) is 3.20. The average molecular weight is 479 g/mol. The number of carbonyl (C=O) groups excluding carboxylic acids is 1. The second kappa shape index (κ2) is 10.8. The number of nitrogens with one attached hydrogen (secondary N) is 4. The van der Waals surface area contributed by atoms with Gasteiger partial charge in [-0.3, -0.25) is 4.79 Å². The van der Waals surface area contributed by atoms with Gasteiger partial charge in [0.2, 0.25) is 0 Å². The first kappa shape index (κ1) is 23.3. The molecule has 3 heterocycles. The molecule has 1 aromatic carbocycles. The third kappa shape index (κ3) is 6.07.